The molecule has 1 fully saturated rings. The molecule has 0 spiro atoms. The molecule has 0 aliphatic carbocycles. The largest absolute Gasteiger partial charge is 0.274 e. The zero-order valence-corrected chi connectivity index (χ0v) is 18.2. The number of hydrogen-bond donors (Lipinski definition) is 1. The molecule has 174 valence electrons. The molecule has 14 heteroatoms. The van der Waals surface area contributed by atoms with E-state index in [4.69, 9.17) is 11.6 Å². The zero-order valence-electron chi connectivity index (χ0n) is 15.8. The van der Waals surface area contributed by atoms with Crippen molar-refractivity contribution in [3.63, 3.8) is 0 Å². The van der Waals surface area contributed by atoms with Crippen LogP contribution in [-0.2, 0) is 24.7 Å². The number of benzene rings is 2. The van der Waals surface area contributed by atoms with Crippen LogP contribution in [-0.4, -0.2) is 34.2 Å². The molecule has 1 heterocycles. The molecule has 3 rings (SSSR count). The molecule has 0 saturated carbocycles. The normalized spacial score (nSPS) is 16.7. The van der Waals surface area contributed by atoms with E-state index in [9.17, 15) is 43.6 Å². The Labute approximate surface area is 184 Å². The van der Waals surface area contributed by atoms with Gasteiger partial charge >= 0.3 is 0 Å². The lowest BCUT2D eigenvalue weighted by atomic mass is 10.0. The number of nitrogens with one attached hydrogen (secondary N) is 1. The number of sulfone groups is 1. The maximum atomic E-state index is 14.3. The lowest BCUT2D eigenvalue weighted by molar-refractivity contribution is -0.123. The van der Waals surface area contributed by atoms with Crippen LogP contribution >= 0.6 is 11.6 Å². The summed E-state index contributed by atoms with van der Waals surface area (Å²) >= 11 is 5.74. The Bertz CT molecular complexity index is 1320. The Kier molecular flexibility index (Phi) is 6.55. The number of carbonyl (C=O) groups is 1. The van der Waals surface area contributed by atoms with Crippen LogP contribution in [0.15, 0.2) is 23.1 Å². The molecule has 0 atom stereocenters. The highest BCUT2D eigenvalue weighted by molar-refractivity contribution is 7.91. The van der Waals surface area contributed by atoms with E-state index in [2.05, 4.69) is 0 Å². The molecule has 1 N–H and O–H groups in total. The van der Waals surface area contributed by atoms with Crippen LogP contribution in [0.3, 0.4) is 0 Å². The number of carbonyl (C=O) groups excluding carboxylic acids is 1. The Hall–Kier alpha value is -2.25. The van der Waals surface area contributed by atoms with Gasteiger partial charge < -0.3 is 0 Å². The van der Waals surface area contributed by atoms with Crippen molar-refractivity contribution in [1.29, 1.82) is 0 Å². The van der Waals surface area contributed by atoms with Crippen molar-refractivity contribution < 1.29 is 43.6 Å². The average Bonchev–Trinajstić information content (AvgIpc) is 2.67. The summed E-state index contributed by atoms with van der Waals surface area (Å²) < 4.78 is 119. The van der Waals surface area contributed by atoms with Gasteiger partial charge in [-0.1, -0.05) is 11.6 Å². The molecule has 6 nitrogen and oxygen atoms in total. The Morgan fingerprint density at radius 1 is 0.938 bits per heavy atom. The van der Waals surface area contributed by atoms with Crippen LogP contribution in [0.4, 0.5) is 22.0 Å². The standard InChI is InChI=1S/C18H13ClF5NO5S2/c19-10-6-11(20)9(15-12(21)7-13(22)16(23)17(15)24)5-14(10)32(29,30)25-18(26)8-1-3-31(27,28)4-2-8/h5-8H,1-4H2,(H,25,26). The van der Waals surface area contributed by atoms with Crippen LogP contribution in [0.1, 0.15) is 12.8 Å². The van der Waals surface area contributed by atoms with Crippen molar-refractivity contribution in [3.8, 4) is 11.1 Å². The second-order valence-corrected chi connectivity index (χ2v) is 11.4. The Morgan fingerprint density at radius 3 is 2.12 bits per heavy atom. The van der Waals surface area contributed by atoms with Gasteiger partial charge in [-0.15, -0.1) is 0 Å². The van der Waals surface area contributed by atoms with E-state index in [-0.39, 0.29) is 30.4 Å². The van der Waals surface area contributed by atoms with Gasteiger partial charge in [0.25, 0.3) is 10.0 Å². The molecule has 2 aromatic rings. The van der Waals surface area contributed by atoms with Crippen molar-refractivity contribution in [1.82, 2.24) is 4.72 Å². The first kappa shape index (κ1) is 24.4. The van der Waals surface area contributed by atoms with E-state index in [1.54, 1.807) is 4.72 Å². The van der Waals surface area contributed by atoms with Crippen molar-refractivity contribution in [3.05, 3.63) is 52.3 Å². The van der Waals surface area contributed by atoms with Crippen LogP contribution < -0.4 is 4.72 Å². The molecule has 0 radical (unpaired) electrons. The fourth-order valence-corrected chi connectivity index (χ4v) is 6.24. The molecule has 1 aliphatic heterocycles. The summed E-state index contributed by atoms with van der Waals surface area (Å²) in [6, 6.07) is 0.704. The predicted molar refractivity (Wildman–Crippen MR) is 103 cm³/mol. The van der Waals surface area contributed by atoms with Crippen molar-refractivity contribution in [2.24, 2.45) is 5.92 Å². The maximum Gasteiger partial charge on any atom is 0.265 e. The summed E-state index contributed by atoms with van der Waals surface area (Å²) in [5.41, 5.74) is -2.46. The summed E-state index contributed by atoms with van der Waals surface area (Å²) in [4.78, 5) is 11.3. The third kappa shape index (κ3) is 4.74. The molecule has 2 aromatic carbocycles. The third-order valence-corrected chi connectivity index (χ3v) is 8.38. The summed E-state index contributed by atoms with van der Waals surface area (Å²) in [6.07, 6.45) is -0.255. The van der Waals surface area contributed by atoms with Gasteiger partial charge in [-0.05, 0) is 25.0 Å². The van der Waals surface area contributed by atoms with Gasteiger partial charge in [0.2, 0.25) is 5.91 Å². The van der Waals surface area contributed by atoms with Gasteiger partial charge in [0.15, 0.2) is 17.5 Å². The molecular formula is C18H13ClF5NO5S2. The topological polar surface area (TPSA) is 97.4 Å². The first-order valence-electron chi connectivity index (χ1n) is 8.83. The smallest absolute Gasteiger partial charge is 0.265 e. The first-order valence-corrected chi connectivity index (χ1v) is 12.5. The van der Waals surface area contributed by atoms with E-state index in [0.717, 1.165) is 0 Å². The fourth-order valence-electron chi connectivity index (χ4n) is 3.16. The predicted octanol–water partition coefficient (Wildman–Crippen LogP) is 3.33. The summed E-state index contributed by atoms with van der Waals surface area (Å²) in [5.74, 6) is -11.9. The number of amides is 1. The van der Waals surface area contributed by atoms with E-state index in [1.807, 2.05) is 0 Å². The van der Waals surface area contributed by atoms with Gasteiger partial charge in [-0.3, -0.25) is 4.79 Å². The SMILES string of the molecule is O=C(NS(=O)(=O)c1cc(-c2c(F)cc(F)c(F)c2F)c(F)cc1Cl)C1CCS(=O)(=O)CC1. The van der Waals surface area contributed by atoms with Crippen LogP contribution in [0.25, 0.3) is 11.1 Å². The molecule has 32 heavy (non-hydrogen) atoms. The maximum absolute atomic E-state index is 14.3. The number of hydrogen-bond acceptors (Lipinski definition) is 5. The summed E-state index contributed by atoms with van der Waals surface area (Å²) in [7, 11) is -8.15. The lowest BCUT2D eigenvalue weighted by Crippen LogP contribution is -2.39. The molecular weight excluding hydrogens is 505 g/mol. The molecule has 1 aliphatic rings. The molecule has 0 aromatic heterocycles. The van der Waals surface area contributed by atoms with E-state index in [0.29, 0.717) is 12.1 Å². The molecule has 1 saturated heterocycles. The van der Waals surface area contributed by atoms with Crippen LogP contribution in [0, 0.1) is 35.0 Å². The van der Waals surface area contributed by atoms with E-state index in [1.165, 1.54) is 0 Å². The second-order valence-electron chi connectivity index (χ2n) is 7.00. The first-order chi connectivity index (χ1) is 14.7. The Morgan fingerprint density at radius 2 is 1.53 bits per heavy atom. The van der Waals surface area contributed by atoms with Crippen molar-refractivity contribution in [2.75, 3.05) is 11.5 Å². The molecule has 1 amide bonds. The highest BCUT2D eigenvalue weighted by Gasteiger charge is 2.32. The van der Waals surface area contributed by atoms with Gasteiger partial charge in [-0.25, -0.2) is 43.5 Å². The van der Waals surface area contributed by atoms with E-state index < -0.39 is 81.8 Å². The third-order valence-electron chi connectivity index (χ3n) is 4.85. The average molecular weight is 518 g/mol. The van der Waals surface area contributed by atoms with Gasteiger partial charge in [0, 0.05) is 17.5 Å². The number of rotatable bonds is 4. The second kappa shape index (κ2) is 8.60. The van der Waals surface area contributed by atoms with Crippen LogP contribution in [0.5, 0.6) is 0 Å². The highest BCUT2D eigenvalue weighted by Crippen LogP contribution is 2.35. The van der Waals surface area contributed by atoms with Gasteiger partial charge in [-0.2, -0.15) is 0 Å². The minimum atomic E-state index is -4.82. The number of sulfonamides is 1. The molecule has 0 bridgehead atoms. The van der Waals surface area contributed by atoms with Gasteiger partial charge in [0.05, 0.1) is 22.1 Å². The minimum absolute atomic E-state index is 0.0468. The Balaban J connectivity index is 2.01. The van der Waals surface area contributed by atoms with Crippen LogP contribution in [0.2, 0.25) is 5.02 Å². The van der Waals surface area contributed by atoms with Gasteiger partial charge in [0.1, 0.15) is 26.4 Å². The van der Waals surface area contributed by atoms with E-state index >= 15 is 0 Å². The minimum Gasteiger partial charge on any atom is -0.274 e. The van der Waals surface area contributed by atoms with Crippen molar-refractivity contribution in [2.45, 2.75) is 17.7 Å². The lowest BCUT2D eigenvalue weighted by Gasteiger charge is -2.21. The molecule has 0 unspecified atom stereocenters. The monoisotopic (exact) mass is 517 g/mol. The highest BCUT2D eigenvalue weighted by atomic mass is 35.5. The quantitative estimate of drug-likeness (QED) is 0.381. The summed E-state index contributed by atoms with van der Waals surface area (Å²) in [5, 5.41) is -0.763. The zero-order chi connectivity index (χ0) is 24.0. The fraction of sp³-hybridized carbons (Fsp3) is 0.278. The van der Waals surface area contributed by atoms with Crippen molar-refractivity contribution >= 4 is 37.4 Å². The number of halogens is 6. The summed E-state index contributed by atoms with van der Waals surface area (Å²) in [6.45, 7) is 0.